The predicted octanol–water partition coefficient (Wildman–Crippen LogP) is 3.57. The Bertz CT molecular complexity index is 830. The van der Waals surface area contributed by atoms with Crippen molar-refractivity contribution in [1.29, 1.82) is 0 Å². The minimum Gasteiger partial charge on any atom is -0.326 e. The molecule has 0 radical (unpaired) electrons. The second kappa shape index (κ2) is 5.97. The Labute approximate surface area is 136 Å². The molecule has 4 rings (SSSR count). The van der Waals surface area contributed by atoms with Crippen molar-refractivity contribution in [3.8, 4) is 11.3 Å². The molecule has 3 aromatic rings. The molecule has 1 atom stereocenters. The number of rotatable bonds is 2. The third-order valence-corrected chi connectivity index (χ3v) is 4.49. The summed E-state index contributed by atoms with van der Waals surface area (Å²) in [6, 6.07) is 16.8. The third kappa shape index (κ3) is 2.78. The lowest BCUT2D eigenvalue weighted by atomic mass is 10.1. The van der Waals surface area contributed by atoms with Gasteiger partial charge in [0.1, 0.15) is 0 Å². The summed E-state index contributed by atoms with van der Waals surface area (Å²) in [4.78, 5) is 11.3. The van der Waals surface area contributed by atoms with Gasteiger partial charge in [-0.15, -0.1) is 0 Å². The van der Waals surface area contributed by atoms with E-state index in [1.54, 1.807) is 0 Å². The van der Waals surface area contributed by atoms with E-state index in [0.717, 1.165) is 36.6 Å². The van der Waals surface area contributed by atoms with E-state index < -0.39 is 0 Å². The van der Waals surface area contributed by atoms with Crippen molar-refractivity contribution in [2.45, 2.75) is 25.4 Å². The molecule has 2 aromatic carbocycles. The fourth-order valence-corrected chi connectivity index (χ4v) is 3.20. The molecule has 0 unspecified atom stereocenters. The summed E-state index contributed by atoms with van der Waals surface area (Å²) in [6.07, 6.45) is 5.19. The van der Waals surface area contributed by atoms with Gasteiger partial charge in [0.15, 0.2) is 0 Å². The molecule has 1 aliphatic rings. The van der Waals surface area contributed by atoms with Crippen molar-refractivity contribution in [2.24, 2.45) is 5.73 Å². The first-order valence-corrected chi connectivity index (χ1v) is 8.16. The van der Waals surface area contributed by atoms with Crippen LogP contribution in [0.25, 0.3) is 22.0 Å². The van der Waals surface area contributed by atoms with Gasteiger partial charge in [-0.3, -0.25) is 0 Å². The highest BCUT2D eigenvalue weighted by Gasteiger charge is 2.21. The minimum atomic E-state index is 0.0237. The Balaban J connectivity index is 1.72. The summed E-state index contributed by atoms with van der Waals surface area (Å²) in [5.74, 6) is 0.739. The fourth-order valence-electron chi connectivity index (χ4n) is 3.20. The number of anilines is 1. The highest BCUT2D eigenvalue weighted by Crippen LogP contribution is 2.25. The average molecular weight is 304 g/mol. The number of fused-ring (bicyclic) bond motifs is 1. The molecule has 23 heavy (non-hydrogen) atoms. The van der Waals surface area contributed by atoms with E-state index >= 15 is 0 Å². The van der Waals surface area contributed by atoms with E-state index in [-0.39, 0.29) is 6.17 Å². The number of aromatic nitrogens is 2. The van der Waals surface area contributed by atoms with Crippen LogP contribution < -0.4 is 10.6 Å². The molecule has 0 amide bonds. The van der Waals surface area contributed by atoms with E-state index in [2.05, 4.69) is 52.3 Å². The Morgan fingerprint density at radius 3 is 2.74 bits per heavy atom. The Hall–Kier alpha value is -2.46. The fraction of sp³-hybridized carbons (Fsp3) is 0.263. The van der Waals surface area contributed by atoms with E-state index in [1.807, 2.05) is 12.3 Å². The van der Waals surface area contributed by atoms with Gasteiger partial charge >= 0.3 is 0 Å². The van der Waals surface area contributed by atoms with Gasteiger partial charge in [0.2, 0.25) is 5.95 Å². The topological polar surface area (TPSA) is 55.0 Å². The summed E-state index contributed by atoms with van der Waals surface area (Å²) in [7, 11) is 0. The standard InChI is InChI=1S/C19H20N4/c20-18-7-3-4-12-23(18)19-21-11-10-17(22-19)16-9-8-14-5-1-2-6-15(14)13-16/h1-2,5-6,8-11,13,18H,3-4,7,12,20H2/t18-/m1/s1. The van der Waals surface area contributed by atoms with Crippen LogP contribution in [0.1, 0.15) is 19.3 Å². The predicted molar refractivity (Wildman–Crippen MR) is 94.1 cm³/mol. The number of nitrogens with zero attached hydrogens (tertiary/aromatic N) is 3. The molecule has 2 heterocycles. The maximum atomic E-state index is 6.22. The van der Waals surface area contributed by atoms with Crippen LogP contribution in [0, 0.1) is 0 Å². The monoisotopic (exact) mass is 304 g/mol. The lowest BCUT2D eigenvalue weighted by Crippen LogP contribution is -2.46. The van der Waals surface area contributed by atoms with Crippen molar-refractivity contribution < 1.29 is 0 Å². The molecule has 0 saturated carbocycles. The molecule has 2 N–H and O–H groups in total. The van der Waals surface area contributed by atoms with E-state index in [0.29, 0.717) is 0 Å². The molecule has 1 aliphatic heterocycles. The van der Waals surface area contributed by atoms with Gasteiger partial charge in [0.25, 0.3) is 0 Å². The normalized spacial score (nSPS) is 18.3. The molecule has 4 nitrogen and oxygen atoms in total. The van der Waals surface area contributed by atoms with E-state index in [1.165, 1.54) is 17.2 Å². The van der Waals surface area contributed by atoms with Crippen molar-refractivity contribution >= 4 is 16.7 Å². The summed E-state index contributed by atoms with van der Waals surface area (Å²) in [5, 5.41) is 2.46. The zero-order valence-electron chi connectivity index (χ0n) is 13.0. The molecule has 1 fully saturated rings. The van der Waals surface area contributed by atoms with Gasteiger partial charge in [-0.1, -0.05) is 36.4 Å². The van der Waals surface area contributed by atoms with Gasteiger partial charge in [0.05, 0.1) is 11.9 Å². The Kier molecular flexibility index (Phi) is 3.67. The molecule has 0 spiro atoms. The lowest BCUT2D eigenvalue weighted by molar-refractivity contribution is 0.463. The SMILES string of the molecule is N[C@H]1CCCCN1c1nccc(-c2ccc3ccccc3c2)n1. The molecule has 116 valence electrons. The average Bonchev–Trinajstić information content (AvgIpc) is 2.62. The van der Waals surface area contributed by atoms with E-state index in [4.69, 9.17) is 10.7 Å². The third-order valence-electron chi connectivity index (χ3n) is 4.49. The molecular formula is C19H20N4. The van der Waals surface area contributed by atoms with Gasteiger partial charge in [-0.25, -0.2) is 9.97 Å². The minimum absolute atomic E-state index is 0.0237. The van der Waals surface area contributed by atoms with Crippen LogP contribution in [-0.2, 0) is 0 Å². The van der Waals surface area contributed by atoms with E-state index in [9.17, 15) is 0 Å². The quantitative estimate of drug-likeness (QED) is 0.786. The van der Waals surface area contributed by atoms with Crippen LogP contribution in [0.2, 0.25) is 0 Å². The van der Waals surface area contributed by atoms with Crippen LogP contribution in [0.5, 0.6) is 0 Å². The molecule has 0 bridgehead atoms. The van der Waals surface area contributed by atoms with Gasteiger partial charge in [0, 0.05) is 18.3 Å². The number of hydrogen-bond acceptors (Lipinski definition) is 4. The van der Waals surface area contributed by atoms with Crippen LogP contribution in [-0.4, -0.2) is 22.7 Å². The second-order valence-corrected chi connectivity index (χ2v) is 6.06. The van der Waals surface area contributed by atoms with Gasteiger partial charge in [-0.2, -0.15) is 0 Å². The number of piperidine rings is 1. The van der Waals surface area contributed by atoms with Gasteiger partial charge < -0.3 is 10.6 Å². The maximum absolute atomic E-state index is 6.22. The summed E-state index contributed by atoms with van der Waals surface area (Å²) < 4.78 is 0. The highest BCUT2D eigenvalue weighted by molar-refractivity contribution is 5.86. The van der Waals surface area contributed by atoms with Crippen LogP contribution in [0.3, 0.4) is 0 Å². The Morgan fingerprint density at radius 1 is 1.00 bits per heavy atom. The summed E-state index contributed by atoms with van der Waals surface area (Å²) in [6.45, 7) is 0.933. The van der Waals surface area contributed by atoms with Crippen molar-refractivity contribution in [3.05, 3.63) is 54.7 Å². The maximum Gasteiger partial charge on any atom is 0.227 e. The lowest BCUT2D eigenvalue weighted by Gasteiger charge is -2.33. The zero-order chi connectivity index (χ0) is 15.6. The first-order valence-electron chi connectivity index (χ1n) is 8.16. The summed E-state index contributed by atoms with van der Waals surface area (Å²) in [5.41, 5.74) is 8.27. The zero-order valence-corrected chi connectivity index (χ0v) is 13.0. The molecule has 1 saturated heterocycles. The van der Waals surface area contributed by atoms with Crippen molar-refractivity contribution in [1.82, 2.24) is 9.97 Å². The largest absolute Gasteiger partial charge is 0.326 e. The van der Waals surface area contributed by atoms with Crippen molar-refractivity contribution in [3.63, 3.8) is 0 Å². The van der Waals surface area contributed by atoms with Crippen LogP contribution >= 0.6 is 0 Å². The molecule has 1 aromatic heterocycles. The first kappa shape index (κ1) is 14.2. The number of nitrogens with two attached hydrogens (primary N) is 1. The Morgan fingerprint density at radius 2 is 1.87 bits per heavy atom. The number of hydrogen-bond donors (Lipinski definition) is 1. The van der Waals surface area contributed by atoms with Crippen LogP contribution in [0.15, 0.2) is 54.7 Å². The smallest absolute Gasteiger partial charge is 0.227 e. The molecular weight excluding hydrogens is 284 g/mol. The molecule has 4 heteroatoms. The second-order valence-electron chi connectivity index (χ2n) is 6.06. The van der Waals surface area contributed by atoms with Gasteiger partial charge in [-0.05, 0) is 42.2 Å². The van der Waals surface area contributed by atoms with Crippen LogP contribution in [0.4, 0.5) is 5.95 Å². The molecule has 0 aliphatic carbocycles. The first-order chi connectivity index (χ1) is 11.3. The van der Waals surface area contributed by atoms with Crippen molar-refractivity contribution in [2.75, 3.05) is 11.4 Å². The highest BCUT2D eigenvalue weighted by atomic mass is 15.3. The summed E-state index contributed by atoms with van der Waals surface area (Å²) >= 11 is 0. The number of benzene rings is 2.